The summed E-state index contributed by atoms with van der Waals surface area (Å²) < 4.78 is 0. The largest absolute Gasteiger partial charge is 0.356 e. The summed E-state index contributed by atoms with van der Waals surface area (Å²) in [5.74, 6) is 0.279. The number of nitrogens with one attached hydrogen (secondary N) is 1. The minimum atomic E-state index is 0.0362. The van der Waals surface area contributed by atoms with Crippen molar-refractivity contribution in [2.24, 2.45) is 0 Å². The summed E-state index contributed by atoms with van der Waals surface area (Å²) in [6.45, 7) is 2.23. The lowest BCUT2D eigenvalue weighted by atomic mass is 10.0. The third-order valence-electron chi connectivity index (χ3n) is 4.33. The Balaban J connectivity index is 1.48. The molecule has 1 aliphatic heterocycles. The molecule has 1 fully saturated rings. The topological polar surface area (TPSA) is 49.4 Å². The van der Waals surface area contributed by atoms with Crippen molar-refractivity contribution in [3.63, 3.8) is 0 Å². The Morgan fingerprint density at radius 2 is 1.96 bits per heavy atom. The van der Waals surface area contributed by atoms with Gasteiger partial charge in [-0.15, -0.1) is 0 Å². The predicted octanol–water partition coefficient (Wildman–Crippen LogP) is 2.51. The number of benzene rings is 2. The van der Waals surface area contributed by atoms with E-state index in [1.165, 1.54) is 0 Å². The zero-order valence-electron chi connectivity index (χ0n) is 13.3. The third kappa shape index (κ3) is 3.89. The van der Waals surface area contributed by atoms with Crippen molar-refractivity contribution in [2.45, 2.75) is 25.7 Å². The van der Waals surface area contributed by atoms with Gasteiger partial charge in [-0.1, -0.05) is 42.5 Å². The van der Waals surface area contributed by atoms with Crippen LogP contribution in [-0.2, 0) is 16.0 Å². The highest BCUT2D eigenvalue weighted by Gasteiger charge is 2.19. The van der Waals surface area contributed by atoms with Crippen LogP contribution < -0.4 is 5.32 Å². The molecule has 0 atom stereocenters. The van der Waals surface area contributed by atoms with Gasteiger partial charge in [-0.25, -0.2) is 0 Å². The second-order valence-corrected chi connectivity index (χ2v) is 6.00. The van der Waals surface area contributed by atoms with E-state index in [9.17, 15) is 9.59 Å². The van der Waals surface area contributed by atoms with E-state index in [0.29, 0.717) is 19.4 Å². The van der Waals surface area contributed by atoms with Gasteiger partial charge in [-0.2, -0.15) is 0 Å². The lowest BCUT2D eigenvalue weighted by molar-refractivity contribution is -0.127. The average molecular weight is 310 g/mol. The molecule has 1 N–H and O–H groups in total. The molecule has 1 saturated heterocycles. The third-order valence-corrected chi connectivity index (χ3v) is 4.33. The molecule has 1 aliphatic rings. The maximum absolute atomic E-state index is 12.1. The molecule has 0 unspecified atom stereocenters. The van der Waals surface area contributed by atoms with Crippen LogP contribution in [0.25, 0.3) is 10.8 Å². The van der Waals surface area contributed by atoms with Crippen molar-refractivity contribution in [2.75, 3.05) is 19.6 Å². The van der Waals surface area contributed by atoms with Crippen molar-refractivity contribution in [1.82, 2.24) is 10.2 Å². The van der Waals surface area contributed by atoms with Crippen LogP contribution in [0.15, 0.2) is 42.5 Å². The number of likely N-dealkylation sites (tertiary alicyclic amines) is 1. The lowest BCUT2D eigenvalue weighted by Gasteiger charge is -2.15. The van der Waals surface area contributed by atoms with Gasteiger partial charge < -0.3 is 10.2 Å². The van der Waals surface area contributed by atoms with Gasteiger partial charge in [0.05, 0.1) is 6.42 Å². The molecular weight excluding hydrogens is 288 g/mol. The lowest BCUT2D eigenvalue weighted by Crippen LogP contribution is -2.31. The van der Waals surface area contributed by atoms with E-state index >= 15 is 0 Å². The number of nitrogens with zero attached hydrogens (tertiary/aromatic N) is 1. The minimum Gasteiger partial charge on any atom is -0.356 e. The molecule has 4 heteroatoms. The Morgan fingerprint density at radius 3 is 2.78 bits per heavy atom. The first kappa shape index (κ1) is 15.5. The van der Waals surface area contributed by atoms with E-state index in [0.717, 1.165) is 42.3 Å². The Kier molecular flexibility index (Phi) is 4.91. The van der Waals surface area contributed by atoms with Gasteiger partial charge in [0.2, 0.25) is 11.8 Å². The Hall–Kier alpha value is -2.36. The molecule has 3 rings (SSSR count). The summed E-state index contributed by atoms with van der Waals surface area (Å²) in [5.41, 5.74) is 1.05. The molecule has 4 nitrogen and oxygen atoms in total. The molecule has 0 radical (unpaired) electrons. The van der Waals surface area contributed by atoms with Gasteiger partial charge in [0, 0.05) is 26.1 Å². The van der Waals surface area contributed by atoms with Crippen molar-refractivity contribution in [3.8, 4) is 0 Å². The zero-order valence-corrected chi connectivity index (χ0v) is 13.3. The minimum absolute atomic E-state index is 0.0362. The molecule has 120 valence electrons. The molecule has 0 aromatic heterocycles. The number of rotatable bonds is 6. The first-order valence-electron chi connectivity index (χ1n) is 8.25. The molecule has 2 aromatic carbocycles. The number of amides is 2. The predicted molar refractivity (Wildman–Crippen MR) is 91.1 cm³/mol. The molecule has 2 aromatic rings. The number of fused-ring (bicyclic) bond motifs is 1. The summed E-state index contributed by atoms with van der Waals surface area (Å²) >= 11 is 0. The van der Waals surface area contributed by atoms with Crippen LogP contribution >= 0.6 is 0 Å². The Morgan fingerprint density at radius 1 is 1.13 bits per heavy atom. The number of carbonyl (C=O) groups excluding carboxylic acids is 2. The molecule has 0 saturated carbocycles. The summed E-state index contributed by atoms with van der Waals surface area (Å²) in [4.78, 5) is 25.5. The van der Waals surface area contributed by atoms with E-state index in [-0.39, 0.29) is 11.8 Å². The van der Waals surface area contributed by atoms with Gasteiger partial charge in [0.15, 0.2) is 0 Å². The molecule has 0 aliphatic carbocycles. The second kappa shape index (κ2) is 7.27. The highest BCUT2D eigenvalue weighted by Crippen LogP contribution is 2.18. The fraction of sp³-hybridized carbons (Fsp3) is 0.368. The van der Waals surface area contributed by atoms with Gasteiger partial charge in [-0.05, 0) is 29.2 Å². The normalized spacial score (nSPS) is 14.4. The number of carbonyl (C=O) groups is 2. The SMILES string of the molecule is O=C(Cc1cccc2ccccc12)NCCCN1CCCC1=O. The van der Waals surface area contributed by atoms with E-state index in [4.69, 9.17) is 0 Å². The summed E-state index contributed by atoms with van der Waals surface area (Å²) in [7, 11) is 0. The van der Waals surface area contributed by atoms with Crippen LogP contribution in [0.1, 0.15) is 24.8 Å². The van der Waals surface area contributed by atoms with Crippen LogP contribution in [0.4, 0.5) is 0 Å². The second-order valence-electron chi connectivity index (χ2n) is 6.00. The highest BCUT2D eigenvalue weighted by molar-refractivity contribution is 5.90. The van der Waals surface area contributed by atoms with E-state index in [1.54, 1.807) is 0 Å². The summed E-state index contributed by atoms with van der Waals surface area (Å²) in [6.07, 6.45) is 2.84. The standard InChI is InChI=1S/C19H22N2O2/c22-18(20-11-5-13-21-12-4-10-19(21)23)14-16-8-3-7-15-6-1-2-9-17(15)16/h1-3,6-9H,4-5,10-14H2,(H,20,22). The van der Waals surface area contributed by atoms with Crippen molar-refractivity contribution in [3.05, 3.63) is 48.0 Å². The Labute approximate surface area is 136 Å². The number of hydrogen-bond acceptors (Lipinski definition) is 2. The molecular formula is C19H22N2O2. The highest BCUT2D eigenvalue weighted by atomic mass is 16.2. The smallest absolute Gasteiger partial charge is 0.224 e. The average Bonchev–Trinajstić information content (AvgIpc) is 2.97. The van der Waals surface area contributed by atoms with Crippen molar-refractivity contribution < 1.29 is 9.59 Å². The summed E-state index contributed by atoms with van der Waals surface area (Å²) in [5, 5.41) is 5.25. The van der Waals surface area contributed by atoms with Crippen LogP contribution in [0, 0.1) is 0 Å². The fourth-order valence-corrected chi connectivity index (χ4v) is 3.12. The van der Waals surface area contributed by atoms with Crippen molar-refractivity contribution >= 4 is 22.6 Å². The van der Waals surface area contributed by atoms with E-state index < -0.39 is 0 Å². The van der Waals surface area contributed by atoms with E-state index in [1.807, 2.05) is 29.2 Å². The molecule has 23 heavy (non-hydrogen) atoms. The van der Waals surface area contributed by atoms with Crippen LogP contribution in [0.3, 0.4) is 0 Å². The molecule has 0 bridgehead atoms. The molecule has 1 heterocycles. The van der Waals surface area contributed by atoms with E-state index in [2.05, 4.69) is 23.5 Å². The summed E-state index contributed by atoms with van der Waals surface area (Å²) in [6, 6.07) is 14.2. The van der Waals surface area contributed by atoms with Gasteiger partial charge in [0.1, 0.15) is 0 Å². The van der Waals surface area contributed by atoms with Crippen LogP contribution in [-0.4, -0.2) is 36.3 Å². The zero-order chi connectivity index (χ0) is 16.1. The maximum atomic E-state index is 12.1. The van der Waals surface area contributed by atoms with Crippen LogP contribution in [0.2, 0.25) is 0 Å². The fourth-order valence-electron chi connectivity index (χ4n) is 3.12. The first-order valence-corrected chi connectivity index (χ1v) is 8.25. The molecule has 0 spiro atoms. The van der Waals surface area contributed by atoms with Gasteiger partial charge >= 0.3 is 0 Å². The van der Waals surface area contributed by atoms with Crippen LogP contribution in [0.5, 0.6) is 0 Å². The monoisotopic (exact) mass is 310 g/mol. The molecule has 2 amide bonds. The maximum Gasteiger partial charge on any atom is 0.224 e. The van der Waals surface area contributed by atoms with Gasteiger partial charge in [0.25, 0.3) is 0 Å². The van der Waals surface area contributed by atoms with Gasteiger partial charge in [-0.3, -0.25) is 9.59 Å². The first-order chi connectivity index (χ1) is 11.2. The Bertz CT molecular complexity index is 706. The van der Waals surface area contributed by atoms with Crippen molar-refractivity contribution in [1.29, 1.82) is 0 Å². The number of hydrogen-bond donors (Lipinski definition) is 1. The quantitative estimate of drug-likeness (QED) is 0.834.